The Morgan fingerprint density at radius 3 is 2.31 bits per heavy atom. The number of nitro groups is 2. The van der Waals surface area contributed by atoms with Crippen molar-refractivity contribution >= 4 is 33.0 Å². The van der Waals surface area contributed by atoms with Gasteiger partial charge in [0.05, 0.1) is 9.85 Å². The van der Waals surface area contributed by atoms with E-state index in [2.05, 4.69) is 21.2 Å². The Kier molecular flexibility index (Phi) is 6.40. The van der Waals surface area contributed by atoms with Gasteiger partial charge in [-0.25, -0.2) is 0 Å². The number of hydrogen-bond acceptors (Lipinski definition) is 6. The minimum absolute atomic E-state index is 0.0129. The molecule has 0 radical (unpaired) electrons. The number of anilines is 1. The topological polar surface area (TPSA) is 108 Å². The van der Waals surface area contributed by atoms with E-state index in [0.717, 1.165) is 15.6 Å². The highest BCUT2D eigenvalue weighted by Crippen LogP contribution is 2.26. The minimum atomic E-state index is -0.447. The summed E-state index contributed by atoms with van der Waals surface area (Å²) in [4.78, 5) is 20.8. The van der Waals surface area contributed by atoms with Gasteiger partial charge < -0.3 is 10.1 Å². The molecule has 0 atom stereocenters. The Bertz CT molecular complexity index is 1040. The Morgan fingerprint density at radius 2 is 1.62 bits per heavy atom. The van der Waals surface area contributed by atoms with Gasteiger partial charge in [0.2, 0.25) is 0 Å². The lowest BCUT2D eigenvalue weighted by Gasteiger charge is -2.13. The summed E-state index contributed by atoms with van der Waals surface area (Å²) in [5, 5.41) is 24.8. The van der Waals surface area contributed by atoms with Gasteiger partial charge in [-0.3, -0.25) is 20.2 Å². The highest BCUT2D eigenvalue weighted by atomic mass is 79.9. The van der Waals surface area contributed by atoms with Gasteiger partial charge in [-0.15, -0.1) is 0 Å². The molecule has 0 unspecified atom stereocenters. The van der Waals surface area contributed by atoms with Gasteiger partial charge in [-0.05, 0) is 42.0 Å². The average Bonchev–Trinajstić information content (AvgIpc) is 2.72. The van der Waals surface area contributed by atoms with Crippen LogP contribution in [0.1, 0.15) is 11.1 Å². The van der Waals surface area contributed by atoms with Gasteiger partial charge in [0, 0.05) is 46.5 Å². The quantitative estimate of drug-likeness (QED) is 0.355. The molecule has 3 aromatic carbocycles. The Hall–Kier alpha value is -3.46. The van der Waals surface area contributed by atoms with E-state index in [-0.39, 0.29) is 18.0 Å². The molecule has 0 aliphatic heterocycles. The largest absolute Gasteiger partial charge is 0.489 e. The zero-order valence-electron chi connectivity index (χ0n) is 15.1. The number of nitrogens with zero attached hydrogens (tertiary/aromatic N) is 2. The summed E-state index contributed by atoms with van der Waals surface area (Å²) in [7, 11) is 0. The molecule has 3 aromatic rings. The first-order valence-corrected chi connectivity index (χ1v) is 9.34. The number of benzene rings is 3. The lowest BCUT2D eigenvalue weighted by molar-refractivity contribution is -0.385. The van der Waals surface area contributed by atoms with Gasteiger partial charge in [-0.1, -0.05) is 22.0 Å². The standard InChI is InChI=1S/C20H16BrN3O5/c21-16-6-9-20(29-13-14-4-7-18(8-5-14)23(25)26)15(10-16)12-22-17-2-1-3-19(11-17)24(27)28/h1-11,22H,12-13H2. The van der Waals surface area contributed by atoms with Crippen molar-refractivity contribution in [2.75, 3.05) is 5.32 Å². The summed E-state index contributed by atoms with van der Waals surface area (Å²) in [6.07, 6.45) is 0. The molecule has 0 saturated heterocycles. The van der Waals surface area contributed by atoms with Crippen molar-refractivity contribution < 1.29 is 14.6 Å². The van der Waals surface area contributed by atoms with Crippen molar-refractivity contribution in [3.05, 3.63) is 103 Å². The van der Waals surface area contributed by atoms with E-state index >= 15 is 0 Å². The van der Waals surface area contributed by atoms with Crippen LogP contribution in [0.25, 0.3) is 0 Å². The second-order valence-electron chi connectivity index (χ2n) is 6.13. The monoisotopic (exact) mass is 457 g/mol. The molecule has 0 heterocycles. The van der Waals surface area contributed by atoms with Crippen LogP contribution in [0, 0.1) is 20.2 Å². The highest BCUT2D eigenvalue weighted by Gasteiger charge is 2.09. The predicted molar refractivity (Wildman–Crippen MR) is 112 cm³/mol. The SMILES string of the molecule is O=[N+]([O-])c1ccc(COc2ccc(Br)cc2CNc2cccc([N+](=O)[O-])c2)cc1. The van der Waals surface area contributed by atoms with Gasteiger partial charge in [0.25, 0.3) is 11.4 Å². The summed E-state index contributed by atoms with van der Waals surface area (Å²) in [5.41, 5.74) is 2.32. The van der Waals surface area contributed by atoms with E-state index in [1.165, 1.54) is 24.3 Å². The normalized spacial score (nSPS) is 10.4. The van der Waals surface area contributed by atoms with Crippen LogP contribution in [0.3, 0.4) is 0 Å². The van der Waals surface area contributed by atoms with Crippen molar-refractivity contribution in [1.29, 1.82) is 0 Å². The zero-order valence-corrected chi connectivity index (χ0v) is 16.7. The van der Waals surface area contributed by atoms with Crippen molar-refractivity contribution in [3.8, 4) is 5.75 Å². The van der Waals surface area contributed by atoms with E-state index in [1.54, 1.807) is 24.3 Å². The number of ether oxygens (including phenoxy) is 1. The number of nitro benzene ring substituents is 2. The number of nitrogens with one attached hydrogen (secondary N) is 1. The van der Waals surface area contributed by atoms with Gasteiger partial charge in [0.15, 0.2) is 0 Å². The molecule has 0 saturated carbocycles. The van der Waals surface area contributed by atoms with Crippen molar-refractivity contribution in [1.82, 2.24) is 0 Å². The summed E-state index contributed by atoms with van der Waals surface area (Å²) in [5.74, 6) is 0.643. The van der Waals surface area contributed by atoms with E-state index in [1.807, 2.05) is 18.2 Å². The summed E-state index contributed by atoms with van der Waals surface area (Å²) < 4.78 is 6.76. The molecule has 8 nitrogen and oxygen atoms in total. The van der Waals surface area contributed by atoms with Crippen LogP contribution in [0.2, 0.25) is 0 Å². The molecular formula is C20H16BrN3O5. The smallest absolute Gasteiger partial charge is 0.271 e. The molecular weight excluding hydrogens is 442 g/mol. The third kappa shape index (κ3) is 5.52. The number of halogens is 1. The van der Waals surface area contributed by atoms with Crippen LogP contribution in [0.5, 0.6) is 5.75 Å². The Labute approximate surface area is 174 Å². The van der Waals surface area contributed by atoms with E-state index < -0.39 is 9.85 Å². The third-order valence-corrected chi connectivity index (χ3v) is 4.60. The van der Waals surface area contributed by atoms with E-state index in [9.17, 15) is 20.2 Å². The molecule has 0 bridgehead atoms. The first-order valence-electron chi connectivity index (χ1n) is 8.55. The fourth-order valence-electron chi connectivity index (χ4n) is 2.63. The lowest BCUT2D eigenvalue weighted by Crippen LogP contribution is -2.04. The lowest BCUT2D eigenvalue weighted by atomic mass is 10.2. The second kappa shape index (κ2) is 9.16. The minimum Gasteiger partial charge on any atom is -0.489 e. The molecule has 0 spiro atoms. The van der Waals surface area contributed by atoms with Gasteiger partial charge >= 0.3 is 0 Å². The van der Waals surface area contributed by atoms with Crippen LogP contribution in [-0.2, 0) is 13.2 Å². The number of non-ortho nitro benzene ring substituents is 2. The molecule has 0 amide bonds. The molecule has 1 N–H and O–H groups in total. The maximum Gasteiger partial charge on any atom is 0.271 e. The number of hydrogen-bond donors (Lipinski definition) is 1. The first kappa shape index (κ1) is 20.3. The first-order chi connectivity index (χ1) is 13.9. The van der Waals surface area contributed by atoms with E-state index in [0.29, 0.717) is 18.0 Å². The average molecular weight is 458 g/mol. The molecule has 0 aliphatic carbocycles. The Balaban J connectivity index is 1.70. The summed E-state index contributed by atoms with van der Waals surface area (Å²) in [6, 6.07) is 18.0. The van der Waals surface area contributed by atoms with Crippen LogP contribution in [0.4, 0.5) is 17.1 Å². The molecule has 148 valence electrons. The highest BCUT2D eigenvalue weighted by molar-refractivity contribution is 9.10. The Morgan fingerprint density at radius 1 is 0.897 bits per heavy atom. The summed E-state index contributed by atoms with van der Waals surface area (Å²) in [6.45, 7) is 0.652. The third-order valence-electron chi connectivity index (χ3n) is 4.10. The molecule has 0 aromatic heterocycles. The molecule has 0 aliphatic rings. The van der Waals surface area contributed by atoms with Crippen molar-refractivity contribution in [2.45, 2.75) is 13.2 Å². The molecule has 29 heavy (non-hydrogen) atoms. The second-order valence-corrected chi connectivity index (χ2v) is 7.04. The van der Waals surface area contributed by atoms with Gasteiger partial charge in [0.1, 0.15) is 12.4 Å². The molecule has 3 rings (SSSR count). The maximum absolute atomic E-state index is 10.9. The number of rotatable bonds is 8. The van der Waals surface area contributed by atoms with Crippen LogP contribution in [-0.4, -0.2) is 9.85 Å². The van der Waals surface area contributed by atoms with E-state index in [4.69, 9.17) is 4.74 Å². The maximum atomic E-state index is 10.9. The van der Waals surface area contributed by atoms with Crippen molar-refractivity contribution in [3.63, 3.8) is 0 Å². The van der Waals surface area contributed by atoms with Crippen LogP contribution in [0.15, 0.2) is 71.2 Å². The molecule has 9 heteroatoms. The zero-order chi connectivity index (χ0) is 20.8. The van der Waals surface area contributed by atoms with Crippen LogP contribution >= 0.6 is 15.9 Å². The molecule has 0 fully saturated rings. The fraction of sp³-hybridized carbons (Fsp3) is 0.100. The van der Waals surface area contributed by atoms with Crippen molar-refractivity contribution in [2.24, 2.45) is 0 Å². The van der Waals surface area contributed by atoms with Gasteiger partial charge in [-0.2, -0.15) is 0 Å². The fourth-order valence-corrected chi connectivity index (χ4v) is 3.04. The predicted octanol–water partition coefficient (Wildman–Crippen LogP) is 5.46. The van der Waals surface area contributed by atoms with Crippen LogP contribution < -0.4 is 10.1 Å². The summed E-state index contributed by atoms with van der Waals surface area (Å²) >= 11 is 3.43.